The summed E-state index contributed by atoms with van der Waals surface area (Å²) >= 11 is 9.69. The van der Waals surface area contributed by atoms with Crippen LogP contribution in [-0.2, 0) is 6.42 Å². The molecule has 20 heavy (non-hydrogen) atoms. The lowest BCUT2D eigenvalue weighted by atomic mass is 9.93. The first kappa shape index (κ1) is 14.0. The molecule has 1 aliphatic rings. The van der Waals surface area contributed by atoms with Crippen molar-refractivity contribution in [3.05, 3.63) is 64.1 Å². The molecule has 3 heteroatoms. The summed E-state index contributed by atoms with van der Waals surface area (Å²) in [5.74, 6) is 1.97. The third-order valence-electron chi connectivity index (χ3n) is 3.77. The normalized spacial score (nSPS) is 18.4. The van der Waals surface area contributed by atoms with Crippen molar-refractivity contribution in [2.45, 2.75) is 24.9 Å². The molecule has 0 aromatic heterocycles. The standard InChI is InChI=1S/C17H16BrClO/c18-15-6-3-5-12(8-15)14(11-19)10-16-9-13-4-1-2-7-17(13)20-16/h1-8,14,16H,9-11H2. The molecule has 104 valence electrons. The van der Waals surface area contributed by atoms with Gasteiger partial charge in [-0.15, -0.1) is 11.6 Å². The van der Waals surface area contributed by atoms with Gasteiger partial charge in [-0.25, -0.2) is 0 Å². The quantitative estimate of drug-likeness (QED) is 0.691. The number of para-hydroxylation sites is 1. The Morgan fingerprint density at radius 3 is 2.80 bits per heavy atom. The van der Waals surface area contributed by atoms with E-state index in [9.17, 15) is 0 Å². The molecule has 0 spiro atoms. The molecular weight excluding hydrogens is 336 g/mol. The second-order valence-corrected chi connectivity index (χ2v) is 6.42. The molecule has 1 nitrogen and oxygen atoms in total. The van der Waals surface area contributed by atoms with Crippen molar-refractivity contribution in [2.75, 3.05) is 5.88 Å². The van der Waals surface area contributed by atoms with E-state index in [1.165, 1.54) is 11.1 Å². The van der Waals surface area contributed by atoms with Crippen molar-refractivity contribution in [2.24, 2.45) is 0 Å². The number of hydrogen-bond acceptors (Lipinski definition) is 1. The molecule has 1 heterocycles. The molecule has 0 radical (unpaired) electrons. The highest BCUT2D eigenvalue weighted by Gasteiger charge is 2.25. The number of alkyl halides is 1. The molecule has 2 atom stereocenters. The first-order valence-electron chi connectivity index (χ1n) is 6.82. The minimum Gasteiger partial charge on any atom is -0.490 e. The van der Waals surface area contributed by atoms with Crippen LogP contribution in [0.2, 0.25) is 0 Å². The number of benzene rings is 2. The van der Waals surface area contributed by atoms with E-state index in [1.54, 1.807) is 0 Å². The molecule has 0 saturated carbocycles. The Morgan fingerprint density at radius 2 is 2.05 bits per heavy atom. The summed E-state index contributed by atoms with van der Waals surface area (Å²) in [7, 11) is 0. The summed E-state index contributed by atoms with van der Waals surface area (Å²) < 4.78 is 7.12. The Balaban J connectivity index is 1.71. The lowest BCUT2D eigenvalue weighted by molar-refractivity contribution is 0.213. The Morgan fingerprint density at radius 1 is 1.20 bits per heavy atom. The zero-order chi connectivity index (χ0) is 13.9. The van der Waals surface area contributed by atoms with E-state index in [0.717, 1.165) is 23.1 Å². The molecule has 0 saturated heterocycles. The van der Waals surface area contributed by atoms with Gasteiger partial charge in [0.15, 0.2) is 0 Å². The summed E-state index contributed by atoms with van der Waals surface area (Å²) in [5.41, 5.74) is 2.58. The molecule has 2 aromatic carbocycles. The maximum atomic E-state index is 6.17. The van der Waals surface area contributed by atoms with Crippen LogP contribution in [0.4, 0.5) is 0 Å². The molecule has 2 aromatic rings. The predicted octanol–water partition coefficient (Wildman–Crippen LogP) is 5.17. The van der Waals surface area contributed by atoms with Gasteiger partial charge in [0.1, 0.15) is 11.9 Å². The summed E-state index contributed by atoms with van der Waals surface area (Å²) in [6.07, 6.45) is 2.17. The topological polar surface area (TPSA) is 9.23 Å². The third kappa shape index (κ3) is 3.02. The lowest BCUT2D eigenvalue weighted by Gasteiger charge is -2.19. The van der Waals surface area contributed by atoms with Gasteiger partial charge < -0.3 is 4.74 Å². The number of hydrogen-bond donors (Lipinski definition) is 0. The molecule has 0 N–H and O–H groups in total. The largest absolute Gasteiger partial charge is 0.490 e. The van der Waals surface area contributed by atoms with Gasteiger partial charge in [0, 0.05) is 22.7 Å². The second kappa shape index (κ2) is 6.19. The van der Waals surface area contributed by atoms with Crippen LogP contribution in [0.15, 0.2) is 53.0 Å². The first-order chi connectivity index (χ1) is 9.76. The van der Waals surface area contributed by atoms with Gasteiger partial charge in [-0.3, -0.25) is 0 Å². The van der Waals surface area contributed by atoms with E-state index in [-0.39, 0.29) is 6.10 Å². The van der Waals surface area contributed by atoms with Gasteiger partial charge in [-0.1, -0.05) is 46.3 Å². The van der Waals surface area contributed by atoms with Crippen LogP contribution in [0.5, 0.6) is 5.75 Å². The molecule has 0 bridgehead atoms. The second-order valence-electron chi connectivity index (χ2n) is 5.19. The number of fused-ring (bicyclic) bond motifs is 1. The summed E-state index contributed by atoms with van der Waals surface area (Å²) in [6, 6.07) is 16.7. The minimum atomic E-state index is 0.232. The fourth-order valence-electron chi connectivity index (χ4n) is 2.75. The Hall–Kier alpha value is -0.990. The lowest BCUT2D eigenvalue weighted by Crippen LogP contribution is -2.18. The smallest absolute Gasteiger partial charge is 0.123 e. The van der Waals surface area contributed by atoms with E-state index in [0.29, 0.717) is 11.8 Å². The van der Waals surface area contributed by atoms with Crippen molar-refractivity contribution in [3.63, 3.8) is 0 Å². The maximum absolute atomic E-state index is 6.17. The Kier molecular flexibility index (Phi) is 4.32. The highest BCUT2D eigenvalue weighted by atomic mass is 79.9. The van der Waals surface area contributed by atoms with Crippen LogP contribution < -0.4 is 4.74 Å². The van der Waals surface area contributed by atoms with Crippen LogP contribution >= 0.6 is 27.5 Å². The predicted molar refractivity (Wildman–Crippen MR) is 86.8 cm³/mol. The average Bonchev–Trinajstić information content (AvgIpc) is 2.87. The number of rotatable bonds is 4. The molecule has 0 amide bonds. The average molecular weight is 352 g/mol. The summed E-state index contributed by atoms with van der Waals surface area (Å²) in [4.78, 5) is 0. The van der Waals surface area contributed by atoms with E-state index >= 15 is 0 Å². The van der Waals surface area contributed by atoms with Gasteiger partial charge in [0.05, 0.1) is 0 Å². The van der Waals surface area contributed by atoms with Crippen molar-refractivity contribution >= 4 is 27.5 Å². The van der Waals surface area contributed by atoms with Crippen LogP contribution in [0.25, 0.3) is 0 Å². The fourth-order valence-corrected chi connectivity index (χ4v) is 3.47. The molecule has 0 aliphatic carbocycles. The van der Waals surface area contributed by atoms with Gasteiger partial charge in [0.25, 0.3) is 0 Å². The van der Waals surface area contributed by atoms with Crippen molar-refractivity contribution in [3.8, 4) is 5.75 Å². The van der Waals surface area contributed by atoms with Crippen molar-refractivity contribution < 1.29 is 4.74 Å². The highest BCUT2D eigenvalue weighted by molar-refractivity contribution is 9.10. The van der Waals surface area contributed by atoms with Crippen LogP contribution in [0.3, 0.4) is 0 Å². The fraction of sp³-hybridized carbons (Fsp3) is 0.294. The monoisotopic (exact) mass is 350 g/mol. The summed E-state index contributed by atoms with van der Waals surface area (Å²) in [6.45, 7) is 0. The molecule has 3 rings (SSSR count). The SMILES string of the molecule is ClCC(CC1Cc2ccccc2O1)c1cccc(Br)c1. The van der Waals surface area contributed by atoms with Crippen molar-refractivity contribution in [1.82, 2.24) is 0 Å². The van der Waals surface area contributed by atoms with Gasteiger partial charge in [-0.05, 0) is 35.7 Å². The third-order valence-corrected chi connectivity index (χ3v) is 4.63. The van der Waals surface area contributed by atoms with Crippen molar-refractivity contribution in [1.29, 1.82) is 0 Å². The van der Waals surface area contributed by atoms with Crippen LogP contribution in [-0.4, -0.2) is 12.0 Å². The van der Waals surface area contributed by atoms with Crippen LogP contribution in [0, 0.1) is 0 Å². The Bertz CT molecular complexity index is 574. The highest BCUT2D eigenvalue weighted by Crippen LogP contribution is 2.34. The zero-order valence-corrected chi connectivity index (χ0v) is 13.4. The minimum absolute atomic E-state index is 0.232. The van der Waals surface area contributed by atoms with Gasteiger partial charge in [-0.2, -0.15) is 0 Å². The first-order valence-corrected chi connectivity index (χ1v) is 8.15. The van der Waals surface area contributed by atoms with Crippen LogP contribution in [0.1, 0.15) is 23.5 Å². The van der Waals surface area contributed by atoms with E-state index in [4.69, 9.17) is 16.3 Å². The number of halogens is 2. The molecule has 2 unspecified atom stereocenters. The maximum Gasteiger partial charge on any atom is 0.123 e. The zero-order valence-electron chi connectivity index (χ0n) is 11.1. The van der Waals surface area contributed by atoms with E-state index in [2.05, 4.69) is 46.3 Å². The molecular formula is C17H16BrClO. The van der Waals surface area contributed by atoms with E-state index in [1.807, 2.05) is 18.2 Å². The molecule has 0 fully saturated rings. The van der Waals surface area contributed by atoms with Gasteiger partial charge in [0.2, 0.25) is 0 Å². The van der Waals surface area contributed by atoms with Gasteiger partial charge >= 0.3 is 0 Å². The summed E-state index contributed by atoms with van der Waals surface area (Å²) in [5, 5.41) is 0. The Labute approximate surface area is 133 Å². The molecule has 1 aliphatic heterocycles. The van der Waals surface area contributed by atoms with E-state index < -0.39 is 0 Å². The number of ether oxygens (including phenoxy) is 1.